The number of primary amides is 1. The van der Waals surface area contributed by atoms with Crippen molar-refractivity contribution in [1.82, 2.24) is 4.98 Å². The van der Waals surface area contributed by atoms with E-state index in [4.69, 9.17) is 5.73 Å². The van der Waals surface area contributed by atoms with E-state index in [-0.39, 0.29) is 13.0 Å². The van der Waals surface area contributed by atoms with Gasteiger partial charge in [-0.3, -0.25) is 9.59 Å². The van der Waals surface area contributed by atoms with Crippen molar-refractivity contribution >= 4 is 34.6 Å². The van der Waals surface area contributed by atoms with Crippen molar-refractivity contribution in [3.8, 4) is 9.88 Å². The fourth-order valence-electron chi connectivity index (χ4n) is 1.25. The van der Waals surface area contributed by atoms with Crippen molar-refractivity contribution in [2.24, 2.45) is 5.73 Å². The van der Waals surface area contributed by atoms with Gasteiger partial charge in [0.25, 0.3) is 5.91 Å². The average molecular weight is 282 g/mol. The fraction of sp³-hybridized carbons (Fsp3) is 0.182. The van der Waals surface area contributed by atoms with Crippen LogP contribution in [0, 0.1) is 0 Å². The van der Waals surface area contributed by atoms with Gasteiger partial charge in [-0.1, -0.05) is 6.07 Å². The zero-order valence-electron chi connectivity index (χ0n) is 9.29. The molecule has 7 heteroatoms. The molecule has 0 fully saturated rings. The second-order valence-electron chi connectivity index (χ2n) is 3.43. The van der Waals surface area contributed by atoms with Crippen molar-refractivity contribution in [3.05, 3.63) is 28.6 Å². The Balaban J connectivity index is 1.95. The summed E-state index contributed by atoms with van der Waals surface area (Å²) in [6, 6.07) is 3.92. The predicted molar refractivity (Wildman–Crippen MR) is 69.3 cm³/mol. The van der Waals surface area contributed by atoms with Crippen LogP contribution in [0.15, 0.2) is 22.9 Å². The van der Waals surface area contributed by atoms with Crippen LogP contribution < -0.4 is 5.73 Å². The third kappa shape index (κ3) is 3.38. The van der Waals surface area contributed by atoms with Crippen molar-refractivity contribution in [2.45, 2.75) is 6.42 Å². The highest BCUT2D eigenvalue weighted by Crippen LogP contribution is 2.27. The lowest BCUT2D eigenvalue weighted by atomic mass is 10.3. The molecule has 1 amide bonds. The Kier molecular flexibility index (Phi) is 4.06. The van der Waals surface area contributed by atoms with Crippen LogP contribution in [0.4, 0.5) is 0 Å². The van der Waals surface area contributed by atoms with E-state index in [1.165, 1.54) is 11.3 Å². The van der Waals surface area contributed by atoms with E-state index in [1.54, 1.807) is 16.7 Å². The molecule has 2 aromatic rings. The van der Waals surface area contributed by atoms with Crippen LogP contribution in [0.25, 0.3) is 9.88 Å². The lowest BCUT2D eigenvalue weighted by Gasteiger charge is -1.99. The van der Waals surface area contributed by atoms with Crippen LogP contribution in [-0.4, -0.2) is 23.5 Å². The summed E-state index contributed by atoms with van der Waals surface area (Å²) >= 11 is 3.07. The number of nitrogens with zero attached hydrogens (tertiary/aromatic N) is 1. The molecule has 0 atom stereocenters. The molecule has 94 valence electrons. The molecule has 0 bridgehead atoms. The molecule has 2 heterocycles. The molecule has 0 saturated heterocycles. The van der Waals surface area contributed by atoms with E-state index < -0.39 is 11.9 Å². The van der Waals surface area contributed by atoms with Gasteiger partial charge in [-0.15, -0.1) is 22.7 Å². The maximum absolute atomic E-state index is 11.3. The van der Waals surface area contributed by atoms with Crippen LogP contribution >= 0.6 is 22.7 Å². The number of ether oxygens (including phenoxy) is 1. The number of thiophene rings is 1. The van der Waals surface area contributed by atoms with Gasteiger partial charge in [-0.2, -0.15) is 0 Å². The van der Waals surface area contributed by atoms with Crippen molar-refractivity contribution < 1.29 is 14.3 Å². The predicted octanol–water partition coefficient (Wildman–Crippen LogP) is 1.44. The Bertz CT molecular complexity index is 548. The highest BCUT2D eigenvalue weighted by atomic mass is 32.1. The van der Waals surface area contributed by atoms with Crippen LogP contribution in [0.2, 0.25) is 0 Å². The second kappa shape index (κ2) is 5.74. The molecule has 0 aliphatic carbocycles. The van der Waals surface area contributed by atoms with Crippen molar-refractivity contribution in [3.63, 3.8) is 0 Å². The SMILES string of the molecule is NC(=O)COC(=O)Cc1csc(-c2cccs2)n1. The molecule has 0 radical (unpaired) electrons. The number of hydrogen-bond acceptors (Lipinski definition) is 6. The zero-order chi connectivity index (χ0) is 13.0. The van der Waals surface area contributed by atoms with Crippen LogP contribution in [-0.2, 0) is 20.7 Å². The van der Waals surface area contributed by atoms with Gasteiger partial charge in [0, 0.05) is 5.38 Å². The molecule has 5 nitrogen and oxygen atoms in total. The molecule has 0 unspecified atom stereocenters. The smallest absolute Gasteiger partial charge is 0.312 e. The normalized spacial score (nSPS) is 10.2. The number of thiazole rings is 1. The van der Waals surface area contributed by atoms with Gasteiger partial charge in [0.15, 0.2) is 6.61 Å². The molecule has 0 saturated carbocycles. The first kappa shape index (κ1) is 12.7. The van der Waals surface area contributed by atoms with Crippen LogP contribution in [0.3, 0.4) is 0 Å². The Morgan fingerprint density at radius 1 is 1.39 bits per heavy atom. The first-order valence-corrected chi connectivity index (χ1v) is 6.83. The minimum Gasteiger partial charge on any atom is -0.455 e. The summed E-state index contributed by atoms with van der Waals surface area (Å²) < 4.78 is 4.66. The second-order valence-corrected chi connectivity index (χ2v) is 5.23. The Labute approximate surface area is 111 Å². The Hall–Kier alpha value is -1.73. The largest absolute Gasteiger partial charge is 0.455 e. The molecule has 18 heavy (non-hydrogen) atoms. The van der Waals surface area contributed by atoms with Gasteiger partial charge in [0.1, 0.15) is 5.01 Å². The summed E-state index contributed by atoms with van der Waals surface area (Å²) in [5.74, 6) is -1.17. The molecule has 0 spiro atoms. The highest BCUT2D eigenvalue weighted by Gasteiger charge is 2.11. The molecule has 0 aromatic carbocycles. The number of aromatic nitrogens is 1. The fourth-order valence-corrected chi connectivity index (χ4v) is 2.89. The number of carbonyl (C=O) groups is 2. The van der Waals surface area contributed by atoms with E-state index >= 15 is 0 Å². The summed E-state index contributed by atoms with van der Waals surface area (Å²) in [6.45, 7) is -0.388. The number of carbonyl (C=O) groups excluding carboxylic acids is 2. The number of amides is 1. The summed E-state index contributed by atoms with van der Waals surface area (Å²) in [7, 11) is 0. The van der Waals surface area contributed by atoms with Gasteiger partial charge in [-0.25, -0.2) is 4.98 Å². The molecule has 2 N–H and O–H groups in total. The topological polar surface area (TPSA) is 82.3 Å². The van der Waals surface area contributed by atoms with Gasteiger partial charge >= 0.3 is 5.97 Å². The van der Waals surface area contributed by atoms with Gasteiger partial charge in [0.05, 0.1) is 17.0 Å². The quantitative estimate of drug-likeness (QED) is 0.841. The van der Waals surface area contributed by atoms with E-state index in [1.807, 2.05) is 17.5 Å². The summed E-state index contributed by atoms with van der Waals surface area (Å²) in [6.07, 6.45) is 0.0507. The maximum Gasteiger partial charge on any atom is 0.312 e. The summed E-state index contributed by atoms with van der Waals surface area (Å²) in [5, 5.41) is 4.65. The minimum atomic E-state index is -0.666. The third-order valence-corrected chi connectivity index (χ3v) is 3.91. The molecule has 0 aliphatic heterocycles. The molecular formula is C11H10N2O3S2. The van der Waals surface area contributed by atoms with E-state index in [0.717, 1.165) is 9.88 Å². The molecule has 0 aliphatic rings. The lowest BCUT2D eigenvalue weighted by Crippen LogP contribution is -2.21. The van der Waals surface area contributed by atoms with E-state index in [2.05, 4.69) is 9.72 Å². The average Bonchev–Trinajstić information content (AvgIpc) is 2.95. The molecular weight excluding hydrogens is 272 g/mol. The van der Waals surface area contributed by atoms with Gasteiger partial charge in [0.2, 0.25) is 0 Å². The monoisotopic (exact) mass is 282 g/mol. The molecule has 2 rings (SSSR count). The first-order chi connectivity index (χ1) is 8.65. The highest BCUT2D eigenvalue weighted by molar-refractivity contribution is 7.20. The van der Waals surface area contributed by atoms with Gasteiger partial charge in [-0.05, 0) is 11.4 Å². The van der Waals surface area contributed by atoms with Gasteiger partial charge < -0.3 is 10.5 Å². The Morgan fingerprint density at radius 3 is 2.89 bits per heavy atom. The number of hydrogen-bond donors (Lipinski definition) is 1. The van der Waals surface area contributed by atoms with Crippen LogP contribution in [0.1, 0.15) is 5.69 Å². The summed E-state index contributed by atoms with van der Waals surface area (Å²) in [5.41, 5.74) is 5.51. The number of nitrogens with two attached hydrogens (primary N) is 1. The van der Waals surface area contributed by atoms with E-state index in [9.17, 15) is 9.59 Å². The first-order valence-electron chi connectivity index (χ1n) is 5.07. The number of rotatable bonds is 5. The lowest BCUT2D eigenvalue weighted by molar-refractivity contribution is -0.147. The van der Waals surface area contributed by atoms with E-state index in [0.29, 0.717) is 5.69 Å². The maximum atomic E-state index is 11.3. The minimum absolute atomic E-state index is 0.0507. The third-order valence-electron chi connectivity index (χ3n) is 1.98. The Morgan fingerprint density at radius 2 is 2.22 bits per heavy atom. The standard InChI is InChI=1S/C11H10N2O3S2/c12-9(14)5-16-10(15)4-7-6-18-11(13-7)8-2-1-3-17-8/h1-3,6H,4-5H2,(H2,12,14). The molecule has 2 aromatic heterocycles. The number of esters is 1. The van der Waals surface area contributed by atoms with Crippen LogP contribution in [0.5, 0.6) is 0 Å². The summed E-state index contributed by atoms with van der Waals surface area (Å²) in [4.78, 5) is 27.2. The van der Waals surface area contributed by atoms with Crippen molar-refractivity contribution in [2.75, 3.05) is 6.61 Å². The zero-order valence-corrected chi connectivity index (χ0v) is 10.9. The van der Waals surface area contributed by atoms with Crippen molar-refractivity contribution in [1.29, 1.82) is 0 Å².